The van der Waals surface area contributed by atoms with Crippen molar-refractivity contribution >= 4 is 60.5 Å². The van der Waals surface area contributed by atoms with Gasteiger partial charge in [0.2, 0.25) is 0 Å². The van der Waals surface area contributed by atoms with Gasteiger partial charge in [0.25, 0.3) is 0 Å². The summed E-state index contributed by atoms with van der Waals surface area (Å²) in [6.45, 7) is 2.12. The van der Waals surface area contributed by atoms with E-state index in [0.29, 0.717) is 0 Å². The molecular formula is C39H27NO. The summed E-state index contributed by atoms with van der Waals surface area (Å²) < 4.78 is 6.35. The molecular weight excluding hydrogens is 498 g/mol. The first-order valence-electron chi connectivity index (χ1n) is 14.0. The first kappa shape index (κ1) is 23.5. The number of nitrogens with zero attached hydrogens (tertiary/aromatic N) is 1. The summed E-state index contributed by atoms with van der Waals surface area (Å²) in [5.74, 6) is 0. The molecule has 0 N–H and O–H groups in total. The van der Waals surface area contributed by atoms with Gasteiger partial charge in [0.05, 0.1) is 5.69 Å². The van der Waals surface area contributed by atoms with Gasteiger partial charge in [-0.05, 0) is 76.7 Å². The standard InChI is InChI=1S/C39H27NO/c1-26-16-23-38-36(24-26)35-22-21-31(25-39(35)41-38)40(37-15-7-11-28-9-3-5-13-34(28)37)30-19-17-29(18-20-30)33-14-6-10-27-8-2-4-12-32(27)33/h2-25H,1H3. The molecule has 0 aliphatic rings. The zero-order valence-electron chi connectivity index (χ0n) is 22.7. The average Bonchev–Trinajstić information content (AvgIpc) is 3.38. The van der Waals surface area contributed by atoms with Crippen LogP contribution in [0.5, 0.6) is 0 Å². The topological polar surface area (TPSA) is 16.4 Å². The summed E-state index contributed by atoms with van der Waals surface area (Å²) in [6, 6.07) is 52.0. The molecule has 7 aromatic carbocycles. The van der Waals surface area contributed by atoms with Crippen molar-refractivity contribution in [3.8, 4) is 11.1 Å². The Morgan fingerprint density at radius 2 is 1.15 bits per heavy atom. The molecule has 0 saturated heterocycles. The van der Waals surface area contributed by atoms with E-state index in [4.69, 9.17) is 4.42 Å². The van der Waals surface area contributed by atoms with E-state index in [9.17, 15) is 0 Å². The van der Waals surface area contributed by atoms with Crippen LogP contribution in [-0.4, -0.2) is 0 Å². The van der Waals surface area contributed by atoms with Crippen LogP contribution >= 0.6 is 0 Å². The predicted octanol–water partition coefficient (Wildman–Crippen LogP) is 11.3. The van der Waals surface area contributed by atoms with Gasteiger partial charge in [-0.3, -0.25) is 0 Å². The third kappa shape index (κ3) is 3.96. The molecule has 41 heavy (non-hydrogen) atoms. The molecule has 0 spiro atoms. The second-order valence-corrected chi connectivity index (χ2v) is 10.7. The van der Waals surface area contributed by atoms with Gasteiger partial charge >= 0.3 is 0 Å². The van der Waals surface area contributed by atoms with Crippen LogP contribution in [0.4, 0.5) is 17.1 Å². The molecule has 1 heterocycles. The Hall–Kier alpha value is -5.34. The third-order valence-corrected chi connectivity index (χ3v) is 8.10. The van der Waals surface area contributed by atoms with Gasteiger partial charge < -0.3 is 9.32 Å². The minimum absolute atomic E-state index is 0.890. The first-order chi connectivity index (χ1) is 20.2. The summed E-state index contributed by atoms with van der Waals surface area (Å²) in [7, 11) is 0. The zero-order chi connectivity index (χ0) is 27.3. The van der Waals surface area contributed by atoms with Gasteiger partial charge in [0.1, 0.15) is 11.2 Å². The van der Waals surface area contributed by atoms with E-state index in [1.807, 2.05) is 0 Å². The van der Waals surface area contributed by atoms with Crippen molar-refractivity contribution in [3.63, 3.8) is 0 Å². The van der Waals surface area contributed by atoms with Crippen molar-refractivity contribution < 1.29 is 4.42 Å². The normalized spacial score (nSPS) is 11.5. The van der Waals surface area contributed by atoms with E-state index in [2.05, 4.69) is 157 Å². The molecule has 0 unspecified atom stereocenters. The van der Waals surface area contributed by atoms with E-state index in [1.54, 1.807) is 0 Å². The van der Waals surface area contributed by atoms with Crippen molar-refractivity contribution in [2.24, 2.45) is 0 Å². The molecule has 0 saturated carbocycles. The smallest absolute Gasteiger partial charge is 0.137 e. The highest BCUT2D eigenvalue weighted by atomic mass is 16.3. The molecule has 1 aromatic heterocycles. The lowest BCUT2D eigenvalue weighted by Gasteiger charge is -2.27. The Kier molecular flexibility index (Phi) is 5.39. The number of aryl methyl sites for hydroxylation is 1. The summed E-state index contributed by atoms with van der Waals surface area (Å²) in [5, 5.41) is 7.22. The molecule has 0 aliphatic heterocycles. The fourth-order valence-electron chi connectivity index (χ4n) is 6.12. The zero-order valence-corrected chi connectivity index (χ0v) is 22.7. The number of benzene rings is 7. The second kappa shape index (κ2) is 9.39. The maximum atomic E-state index is 6.35. The van der Waals surface area contributed by atoms with Crippen molar-refractivity contribution in [1.82, 2.24) is 0 Å². The van der Waals surface area contributed by atoms with Crippen LogP contribution in [0.25, 0.3) is 54.6 Å². The van der Waals surface area contributed by atoms with Crippen LogP contribution in [0.3, 0.4) is 0 Å². The van der Waals surface area contributed by atoms with Crippen molar-refractivity contribution in [2.45, 2.75) is 6.92 Å². The fourth-order valence-corrected chi connectivity index (χ4v) is 6.12. The number of anilines is 3. The van der Waals surface area contributed by atoms with Crippen LogP contribution < -0.4 is 4.90 Å². The Bertz CT molecular complexity index is 2210. The lowest BCUT2D eigenvalue weighted by molar-refractivity contribution is 0.669. The highest BCUT2D eigenvalue weighted by Gasteiger charge is 2.18. The van der Waals surface area contributed by atoms with E-state index in [0.717, 1.165) is 39.0 Å². The number of furan rings is 1. The van der Waals surface area contributed by atoms with Crippen molar-refractivity contribution in [2.75, 3.05) is 4.90 Å². The van der Waals surface area contributed by atoms with Gasteiger partial charge in [0.15, 0.2) is 0 Å². The molecule has 0 amide bonds. The van der Waals surface area contributed by atoms with Gasteiger partial charge in [-0.15, -0.1) is 0 Å². The molecule has 8 rings (SSSR count). The largest absolute Gasteiger partial charge is 0.456 e. The van der Waals surface area contributed by atoms with Crippen LogP contribution in [0.1, 0.15) is 5.56 Å². The summed E-state index contributed by atoms with van der Waals surface area (Å²) in [6.07, 6.45) is 0. The molecule has 0 atom stereocenters. The van der Waals surface area contributed by atoms with Crippen LogP contribution in [0, 0.1) is 6.92 Å². The van der Waals surface area contributed by atoms with Crippen LogP contribution in [0.2, 0.25) is 0 Å². The third-order valence-electron chi connectivity index (χ3n) is 8.10. The van der Waals surface area contributed by atoms with Gasteiger partial charge in [0, 0.05) is 33.6 Å². The molecule has 2 nitrogen and oxygen atoms in total. The van der Waals surface area contributed by atoms with Crippen molar-refractivity contribution in [1.29, 1.82) is 0 Å². The number of fused-ring (bicyclic) bond motifs is 5. The van der Waals surface area contributed by atoms with Gasteiger partial charge in [-0.2, -0.15) is 0 Å². The quantitative estimate of drug-likeness (QED) is 0.227. The Labute approximate surface area is 238 Å². The molecule has 2 heteroatoms. The average molecular weight is 526 g/mol. The van der Waals surface area contributed by atoms with Crippen molar-refractivity contribution in [3.05, 3.63) is 151 Å². The number of hydrogen-bond acceptors (Lipinski definition) is 2. The summed E-state index contributed by atoms with van der Waals surface area (Å²) >= 11 is 0. The number of rotatable bonds is 4. The molecule has 0 bridgehead atoms. The lowest BCUT2D eigenvalue weighted by Crippen LogP contribution is -2.10. The molecule has 0 aliphatic carbocycles. The molecule has 8 aromatic rings. The first-order valence-corrected chi connectivity index (χ1v) is 14.0. The fraction of sp³-hybridized carbons (Fsp3) is 0.0256. The number of hydrogen-bond donors (Lipinski definition) is 0. The SMILES string of the molecule is Cc1ccc2oc3cc(N(c4ccc(-c5cccc6ccccc56)cc4)c4cccc5ccccc45)ccc3c2c1. The van der Waals surface area contributed by atoms with E-state index < -0.39 is 0 Å². The maximum Gasteiger partial charge on any atom is 0.137 e. The minimum atomic E-state index is 0.890. The second-order valence-electron chi connectivity index (χ2n) is 10.7. The van der Waals surface area contributed by atoms with Crippen LogP contribution in [-0.2, 0) is 0 Å². The predicted molar refractivity (Wildman–Crippen MR) is 174 cm³/mol. The molecule has 0 fully saturated rings. The Morgan fingerprint density at radius 3 is 1.98 bits per heavy atom. The van der Waals surface area contributed by atoms with E-state index in [1.165, 1.54) is 38.2 Å². The molecule has 194 valence electrons. The Balaban J connectivity index is 1.31. The Morgan fingerprint density at radius 1 is 0.463 bits per heavy atom. The highest BCUT2D eigenvalue weighted by molar-refractivity contribution is 6.07. The minimum Gasteiger partial charge on any atom is -0.456 e. The van der Waals surface area contributed by atoms with Gasteiger partial charge in [-0.1, -0.05) is 103 Å². The molecule has 0 radical (unpaired) electrons. The van der Waals surface area contributed by atoms with E-state index >= 15 is 0 Å². The highest BCUT2D eigenvalue weighted by Crippen LogP contribution is 2.42. The summed E-state index contributed by atoms with van der Waals surface area (Å²) in [4.78, 5) is 2.34. The lowest BCUT2D eigenvalue weighted by atomic mass is 9.98. The summed E-state index contributed by atoms with van der Waals surface area (Å²) in [5.41, 5.74) is 8.76. The van der Waals surface area contributed by atoms with Crippen LogP contribution in [0.15, 0.2) is 150 Å². The maximum absolute atomic E-state index is 6.35. The van der Waals surface area contributed by atoms with Gasteiger partial charge in [-0.25, -0.2) is 0 Å². The van der Waals surface area contributed by atoms with E-state index in [-0.39, 0.29) is 0 Å². The monoisotopic (exact) mass is 525 g/mol.